The van der Waals surface area contributed by atoms with Crippen molar-refractivity contribution >= 4 is 11.6 Å². The quantitative estimate of drug-likeness (QED) is 0.622. The number of halogens is 2. The lowest BCUT2D eigenvalue weighted by molar-refractivity contribution is -0.139. The monoisotopic (exact) mass is 270 g/mol. The summed E-state index contributed by atoms with van der Waals surface area (Å²) in [6.07, 6.45) is -0.830. The van der Waals surface area contributed by atoms with Crippen LogP contribution in [0.5, 0.6) is 11.5 Å². The molecule has 0 aliphatic carbocycles. The normalized spacial score (nSPS) is 14.1. The number of carbonyl (C=O) groups excluding carboxylic acids is 2. The van der Waals surface area contributed by atoms with Gasteiger partial charge in [0.15, 0.2) is 17.3 Å². The van der Waals surface area contributed by atoms with E-state index in [1.54, 1.807) is 0 Å². The van der Waals surface area contributed by atoms with Crippen molar-refractivity contribution in [2.24, 2.45) is 0 Å². The number of ether oxygens (including phenoxy) is 2. The maximum atomic E-state index is 12.7. The van der Waals surface area contributed by atoms with Gasteiger partial charge in [-0.2, -0.15) is 8.78 Å². The van der Waals surface area contributed by atoms with Crippen LogP contribution >= 0.6 is 0 Å². The summed E-state index contributed by atoms with van der Waals surface area (Å²) in [7, 11) is 0. The maximum absolute atomic E-state index is 12.7. The first-order valence-corrected chi connectivity index (χ1v) is 5.72. The predicted molar refractivity (Wildman–Crippen MR) is 62.0 cm³/mol. The maximum Gasteiger partial charge on any atom is 0.303 e. The van der Waals surface area contributed by atoms with Crippen LogP contribution in [0.25, 0.3) is 0 Å². The molecule has 0 amide bonds. The Hall–Kier alpha value is -1.98. The molecule has 1 aliphatic rings. The van der Waals surface area contributed by atoms with Gasteiger partial charge in [0.05, 0.1) is 6.42 Å². The van der Waals surface area contributed by atoms with Crippen molar-refractivity contribution in [1.82, 2.24) is 0 Å². The number of hydrogen-bond acceptors (Lipinski definition) is 4. The molecule has 0 unspecified atom stereocenters. The minimum Gasteiger partial charge on any atom is -0.486 e. The fourth-order valence-electron chi connectivity index (χ4n) is 1.62. The van der Waals surface area contributed by atoms with Crippen molar-refractivity contribution in [2.75, 3.05) is 13.2 Å². The first-order valence-electron chi connectivity index (χ1n) is 5.72. The Kier molecular flexibility index (Phi) is 3.50. The van der Waals surface area contributed by atoms with E-state index in [2.05, 4.69) is 0 Å². The van der Waals surface area contributed by atoms with E-state index in [9.17, 15) is 18.4 Å². The van der Waals surface area contributed by atoms with Gasteiger partial charge in [0.25, 0.3) is 0 Å². The van der Waals surface area contributed by atoms with Gasteiger partial charge in [0, 0.05) is 12.5 Å². The molecular formula is C13H12F2O4. The van der Waals surface area contributed by atoms with Crippen molar-refractivity contribution in [3.8, 4) is 11.5 Å². The minimum atomic E-state index is -3.50. The summed E-state index contributed by atoms with van der Waals surface area (Å²) < 4.78 is 36.0. The summed E-state index contributed by atoms with van der Waals surface area (Å²) in [5.41, 5.74) is 0.154. The highest BCUT2D eigenvalue weighted by Gasteiger charge is 2.33. The summed E-state index contributed by atoms with van der Waals surface area (Å²) in [6.45, 7) is 1.25. The standard InChI is InChI=1S/C13H12F2O4/c1-13(14,15)12(17)7-9(16)8-2-3-10-11(6-8)19-5-4-18-10/h2-3,6H,4-5,7H2,1H3. The van der Waals surface area contributed by atoms with E-state index in [0.717, 1.165) is 0 Å². The lowest BCUT2D eigenvalue weighted by atomic mass is 10.0. The molecule has 0 fully saturated rings. The summed E-state index contributed by atoms with van der Waals surface area (Å²) >= 11 is 0. The van der Waals surface area contributed by atoms with Crippen LogP contribution in [0.15, 0.2) is 18.2 Å². The van der Waals surface area contributed by atoms with Crippen molar-refractivity contribution in [3.05, 3.63) is 23.8 Å². The molecule has 6 heteroatoms. The van der Waals surface area contributed by atoms with Crippen LogP contribution in [0.3, 0.4) is 0 Å². The highest BCUT2D eigenvalue weighted by atomic mass is 19.3. The predicted octanol–water partition coefficient (Wildman–Crippen LogP) is 2.25. The molecule has 0 radical (unpaired) electrons. The summed E-state index contributed by atoms with van der Waals surface area (Å²) in [4.78, 5) is 22.8. The first kappa shape index (κ1) is 13.5. The number of fused-ring (bicyclic) bond motifs is 1. The van der Waals surface area contributed by atoms with E-state index in [4.69, 9.17) is 9.47 Å². The molecule has 0 spiro atoms. The molecule has 0 saturated carbocycles. The van der Waals surface area contributed by atoms with Crippen LogP contribution in [-0.2, 0) is 4.79 Å². The Morgan fingerprint density at radius 2 is 1.84 bits per heavy atom. The van der Waals surface area contributed by atoms with E-state index >= 15 is 0 Å². The zero-order valence-electron chi connectivity index (χ0n) is 10.2. The number of alkyl halides is 2. The summed E-state index contributed by atoms with van der Waals surface area (Å²) in [5, 5.41) is 0. The van der Waals surface area contributed by atoms with Gasteiger partial charge < -0.3 is 9.47 Å². The first-order chi connectivity index (χ1) is 8.88. The van der Waals surface area contributed by atoms with Crippen molar-refractivity contribution in [2.45, 2.75) is 19.3 Å². The Morgan fingerprint density at radius 3 is 2.47 bits per heavy atom. The van der Waals surface area contributed by atoms with Crippen molar-refractivity contribution in [3.63, 3.8) is 0 Å². The zero-order valence-corrected chi connectivity index (χ0v) is 10.2. The van der Waals surface area contributed by atoms with Gasteiger partial charge >= 0.3 is 5.92 Å². The average molecular weight is 270 g/mol. The van der Waals surface area contributed by atoms with Crippen molar-refractivity contribution in [1.29, 1.82) is 0 Å². The second kappa shape index (κ2) is 4.95. The van der Waals surface area contributed by atoms with Gasteiger partial charge in [-0.1, -0.05) is 0 Å². The van der Waals surface area contributed by atoms with E-state index in [1.165, 1.54) is 18.2 Å². The Morgan fingerprint density at radius 1 is 1.21 bits per heavy atom. The van der Waals surface area contributed by atoms with Crippen LogP contribution in [-0.4, -0.2) is 30.7 Å². The van der Waals surface area contributed by atoms with Crippen LogP contribution in [0.2, 0.25) is 0 Å². The molecule has 0 aromatic heterocycles. The molecule has 102 valence electrons. The summed E-state index contributed by atoms with van der Waals surface area (Å²) in [6, 6.07) is 4.35. The third-order valence-electron chi connectivity index (χ3n) is 2.67. The molecule has 0 N–H and O–H groups in total. The van der Waals surface area contributed by atoms with Crippen LogP contribution in [0, 0.1) is 0 Å². The van der Waals surface area contributed by atoms with Gasteiger partial charge in [-0.15, -0.1) is 0 Å². The fourth-order valence-corrected chi connectivity index (χ4v) is 1.62. The van der Waals surface area contributed by atoms with E-state index in [0.29, 0.717) is 31.6 Å². The molecule has 1 heterocycles. The molecule has 1 aromatic rings. The number of hydrogen-bond donors (Lipinski definition) is 0. The highest BCUT2D eigenvalue weighted by molar-refractivity contribution is 6.10. The molecule has 19 heavy (non-hydrogen) atoms. The van der Waals surface area contributed by atoms with Crippen LogP contribution in [0.4, 0.5) is 8.78 Å². The van der Waals surface area contributed by atoms with Gasteiger partial charge in [0.1, 0.15) is 13.2 Å². The Labute approximate surface area is 108 Å². The summed E-state index contributed by atoms with van der Waals surface area (Å²) in [5.74, 6) is -4.68. The molecule has 0 atom stereocenters. The van der Waals surface area contributed by atoms with Gasteiger partial charge in [-0.05, 0) is 18.2 Å². The van der Waals surface area contributed by atoms with Crippen LogP contribution in [0.1, 0.15) is 23.7 Å². The smallest absolute Gasteiger partial charge is 0.303 e. The SMILES string of the molecule is CC(F)(F)C(=O)CC(=O)c1ccc2c(c1)OCCO2. The minimum absolute atomic E-state index is 0.154. The third-order valence-corrected chi connectivity index (χ3v) is 2.67. The molecule has 2 rings (SSSR count). The highest BCUT2D eigenvalue weighted by Crippen LogP contribution is 2.31. The lowest BCUT2D eigenvalue weighted by Crippen LogP contribution is -2.26. The van der Waals surface area contributed by atoms with Gasteiger partial charge in [-0.25, -0.2) is 0 Å². The fraction of sp³-hybridized carbons (Fsp3) is 0.385. The van der Waals surface area contributed by atoms with E-state index in [1.807, 2.05) is 0 Å². The molecule has 0 saturated heterocycles. The van der Waals surface area contributed by atoms with Gasteiger partial charge in [-0.3, -0.25) is 9.59 Å². The molecule has 0 bridgehead atoms. The number of benzene rings is 1. The third kappa shape index (κ3) is 3.07. The number of Topliss-reactive ketones (excluding diaryl/α,β-unsaturated/α-hetero) is 2. The largest absolute Gasteiger partial charge is 0.486 e. The van der Waals surface area contributed by atoms with Crippen LogP contribution < -0.4 is 9.47 Å². The Bertz CT molecular complexity index is 520. The molecular weight excluding hydrogens is 258 g/mol. The zero-order chi connectivity index (χ0) is 14.0. The second-order valence-electron chi connectivity index (χ2n) is 4.27. The number of ketones is 2. The topological polar surface area (TPSA) is 52.6 Å². The van der Waals surface area contributed by atoms with Crippen molar-refractivity contribution < 1.29 is 27.8 Å². The van der Waals surface area contributed by atoms with Gasteiger partial charge in [0.2, 0.25) is 5.78 Å². The second-order valence-corrected chi connectivity index (χ2v) is 4.27. The molecule has 4 nitrogen and oxygen atoms in total. The van der Waals surface area contributed by atoms with E-state index in [-0.39, 0.29) is 5.56 Å². The average Bonchev–Trinajstić information content (AvgIpc) is 2.37. The molecule has 1 aliphatic heterocycles. The Balaban J connectivity index is 2.14. The number of rotatable bonds is 4. The van der Waals surface area contributed by atoms with E-state index < -0.39 is 23.9 Å². The number of carbonyl (C=O) groups is 2. The molecule has 1 aromatic carbocycles. The lowest BCUT2D eigenvalue weighted by Gasteiger charge is -2.18.